The van der Waals surface area contributed by atoms with Crippen molar-refractivity contribution >= 4 is 5.91 Å². The van der Waals surface area contributed by atoms with E-state index in [1.54, 1.807) is 12.4 Å². The summed E-state index contributed by atoms with van der Waals surface area (Å²) in [6, 6.07) is 0.270. The Balaban J connectivity index is 2.22. The van der Waals surface area contributed by atoms with Gasteiger partial charge in [-0.1, -0.05) is 20.8 Å². The molecule has 1 aliphatic rings. The fourth-order valence-corrected chi connectivity index (χ4v) is 3.24. The van der Waals surface area contributed by atoms with E-state index in [0.717, 1.165) is 12.8 Å². The monoisotopic (exact) mass is 278 g/mol. The van der Waals surface area contributed by atoms with E-state index in [9.17, 15) is 4.79 Å². The van der Waals surface area contributed by atoms with E-state index in [0.29, 0.717) is 23.9 Å². The molecule has 1 fully saturated rings. The number of carbonyl (C=O) groups is 1. The summed E-state index contributed by atoms with van der Waals surface area (Å²) in [5.74, 6) is 0.648. The Labute approximate surface area is 120 Å². The number of nitrogens with zero attached hydrogens (tertiary/aromatic N) is 2. The molecular formula is C15H26N4O. The highest BCUT2D eigenvalue weighted by Gasteiger charge is 2.36. The van der Waals surface area contributed by atoms with Crippen LogP contribution in [0.5, 0.6) is 0 Å². The highest BCUT2D eigenvalue weighted by atomic mass is 16.1. The number of amides is 1. The zero-order valence-electron chi connectivity index (χ0n) is 12.7. The third-order valence-corrected chi connectivity index (χ3v) is 4.71. The Hall–Kier alpha value is -1.36. The Morgan fingerprint density at radius 2 is 2.15 bits per heavy atom. The maximum atomic E-state index is 11.2. The Morgan fingerprint density at radius 3 is 2.65 bits per heavy atom. The Bertz CT molecular complexity index is 474. The van der Waals surface area contributed by atoms with Gasteiger partial charge in [0.1, 0.15) is 0 Å². The predicted octanol–water partition coefficient (Wildman–Crippen LogP) is 1.94. The van der Waals surface area contributed by atoms with Crippen molar-refractivity contribution in [3.05, 3.63) is 18.0 Å². The van der Waals surface area contributed by atoms with Crippen LogP contribution in [-0.4, -0.2) is 22.2 Å². The first kappa shape index (κ1) is 15.0. The van der Waals surface area contributed by atoms with Crippen molar-refractivity contribution in [3.63, 3.8) is 0 Å². The molecule has 5 heteroatoms. The molecule has 0 bridgehead atoms. The zero-order valence-corrected chi connectivity index (χ0v) is 12.7. The summed E-state index contributed by atoms with van der Waals surface area (Å²) in [6.07, 6.45) is 6.71. The second kappa shape index (κ2) is 5.56. The normalized spacial score (nSPS) is 27.5. The Kier molecular flexibility index (Phi) is 4.18. The number of rotatable bonds is 3. The van der Waals surface area contributed by atoms with Gasteiger partial charge in [-0.05, 0) is 43.1 Å². The van der Waals surface area contributed by atoms with E-state index in [-0.39, 0.29) is 11.5 Å². The molecule has 20 heavy (non-hydrogen) atoms. The standard InChI is InChI=1S/C15H26N4O/c1-15(2,3)12-5-4-10(7-16)13(6-12)19-9-11(8-18-19)14(17)20/h8-10,12-13H,4-7,16H2,1-3H3,(H2,17,20). The van der Waals surface area contributed by atoms with Gasteiger partial charge in [-0.15, -0.1) is 0 Å². The molecule has 1 aliphatic carbocycles. The topological polar surface area (TPSA) is 86.9 Å². The van der Waals surface area contributed by atoms with Crippen molar-refractivity contribution in [2.24, 2.45) is 28.7 Å². The van der Waals surface area contributed by atoms with Crippen LogP contribution in [0.25, 0.3) is 0 Å². The van der Waals surface area contributed by atoms with Gasteiger partial charge in [0.2, 0.25) is 0 Å². The lowest BCUT2D eigenvalue weighted by molar-refractivity contribution is 0.0981. The van der Waals surface area contributed by atoms with Crippen molar-refractivity contribution in [1.82, 2.24) is 9.78 Å². The molecule has 5 nitrogen and oxygen atoms in total. The number of carbonyl (C=O) groups excluding carboxylic acids is 1. The van der Waals surface area contributed by atoms with E-state index < -0.39 is 5.91 Å². The van der Waals surface area contributed by atoms with Gasteiger partial charge in [-0.25, -0.2) is 0 Å². The minimum atomic E-state index is -0.427. The van der Waals surface area contributed by atoms with Crippen LogP contribution < -0.4 is 11.5 Å². The number of primary amides is 1. The van der Waals surface area contributed by atoms with Crippen molar-refractivity contribution in [1.29, 1.82) is 0 Å². The highest BCUT2D eigenvalue weighted by Crippen LogP contribution is 2.44. The average Bonchev–Trinajstić information content (AvgIpc) is 2.86. The molecule has 0 radical (unpaired) electrons. The minimum Gasteiger partial charge on any atom is -0.366 e. The number of aromatic nitrogens is 2. The molecular weight excluding hydrogens is 252 g/mol. The summed E-state index contributed by atoms with van der Waals surface area (Å²) >= 11 is 0. The molecule has 2 rings (SSSR count). The van der Waals surface area contributed by atoms with Gasteiger partial charge in [0.15, 0.2) is 0 Å². The van der Waals surface area contributed by atoms with Gasteiger partial charge in [-0.2, -0.15) is 5.10 Å². The van der Waals surface area contributed by atoms with Gasteiger partial charge < -0.3 is 11.5 Å². The number of hydrogen-bond donors (Lipinski definition) is 2. The molecule has 1 aromatic heterocycles. The third kappa shape index (κ3) is 3.03. The molecule has 0 aromatic carbocycles. The van der Waals surface area contributed by atoms with Crippen molar-refractivity contribution < 1.29 is 4.79 Å². The fourth-order valence-electron chi connectivity index (χ4n) is 3.24. The molecule has 1 heterocycles. The minimum absolute atomic E-state index is 0.270. The first-order chi connectivity index (χ1) is 9.32. The van der Waals surface area contributed by atoms with Crippen LogP contribution in [-0.2, 0) is 0 Å². The van der Waals surface area contributed by atoms with Crippen molar-refractivity contribution in [2.75, 3.05) is 6.54 Å². The van der Waals surface area contributed by atoms with Crippen LogP contribution >= 0.6 is 0 Å². The highest BCUT2D eigenvalue weighted by molar-refractivity contribution is 5.92. The summed E-state index contributed by atoms with van der Waals surface area (Å²) in [7, 11) is 0. The SMILES string of the molecule is CC(C)(C)C1CCC(CN)C(n2cc(C(N)=O)cn2)C1. The molecule has 0 saturated heterocycles. The Morgan fingerprint density at radius 1 is 1.45 bits per heavy atom. The van der Waals surface area contributed by atoms with E-state index in [1.807, 2.05) is 4.68 Å². The summed E-state index contributed by atoms with van der Waals surface area (Å²) in [6.45, 7) is 7.52. The van der Waals surface area contributed by atoms with Crippen LogP contribution in [0.15, 0.2) is 12.4 Å². The molecule has 4 N–H and O–H groups in total. The molecule has 112 valence electrons. The maximum Gasteiger partial charge on any atom is 0.251 e. The van der Waals surface area contributed by atoms with E-state index in [4.69, 9.17) is 11.5 Å². The first-order valence-electron chi connectivity index (χ1n) is 7.37. The average molecular weight is 278 g/mol. The zero-order chi connectivity index (χ0) is 14.9. The molecule has 3 unspecified atom stereocenters. The fraction of sp³-hybridized carbons (Fsp3) is 0.733. The van der Waals surface area contributed by atoms with Gasteiger partial charge in [-0.3, -0.25) is 9.48 Å². The van der Waals surface area contributed by atoms with Gasteiger partial charge in [0.05, 0.1) is 17.8 Å². The van der Waals surface area contributed by atoms with Crippen LogP contribution in [0.3, 0.4) is 0 Å². The van der Waals surface area contributed by atoms with E-state index >= 15 is 0 Å². The van der Waals surface area contributed by atoms with Gasteiger partial charge >= 0.3 is 0 Å². The van der Waals surface area contributed by atoms with Crippen molar-refractivity contribution in [3.8, 4) is 0 Å². The van der Waals surface area contributed by atoms with Crippen LogP contribution in [0.1, 0.15) is 56.4 Å². The van der Waals surface area contributed by atoms with E-state index in [2.05, 4.69) is 25.9 Å². The summed E-state index contributed by atoms with van der Waals surface area (Å²) in [4.78, 5) is 11.2. The summed E-state index contributed by atoms with van der Waals surface area (Å²) in [5, 5.41) is 4.34. The van der Waals surface area contributed by atoms with Gasteiger partial charge in [0.25, 0.3) is 5.91 Å². The summed E-state index contributed by atoms with van der Waals surface area (Å²) in [5.41, 5.74) is 12.0. The maximum absolute atomic E-state index is 11.2. The lowest BCUT2D eigenvalue weighted by Crippen LogP contribution is -2.36. The molecule has 3 atom stereocenters. The number of hydrogen-bond acceptors (Lipinski definition) is 3. The second-order valence-electron chi connectivity index (χ2n) is 7.01. The third-order valence-electron chi connectivity index (χ3n) is 4.71. The van der Waals surface area contributed by atoms with Crippen molar-refractivity contribution in [2.45, 2.75) is 46.1 Å². The molecule has 1 amide bonds. The van der Waals surface area contributed by atoms with Gasteiger partial charge in [0, 0.05) is 6.20 Å². The quantitative estimate of drug-likeness (QED) is 0.885. The van der Waals surface area contributed by atoms with Crippen LogP contribution in [0.2, 0.25) is 0 Å². The molecule has 1 aromatic rings. The second-order valence-corrected chi connectivity index (χ2v) is 7.01. The smallest absolute Gasteiger partial charge is 0.251 e. The molecule has 0 aliphatic heterocycles. The van der Waals surface area contributed by atoms with E-state index in [1.165, 1.54) is 6.42 Å². The number of nitrogens with two attached hydrogens (primary N) is 2. The predicted molar refractivity (Wildman–Crippen MR) is 79.1 cm³/mol. The first-order valence-corrected chi connectivity index (χ1v) is 7.37. The summed E-state index contributed by atoms with van der Waals surface area (Å²) < 4.78 is 1.90. The molecule has 1 saturated carbocycles. The van der Waals surface area contributed by atoms with Crippen LogP contribution in [0.4, 0.5) is 0 Å². The lowest BCUT2D eigenvalue weighted by atomic mass is 9.68. The van der Waals surface area contributed by atoms with Crippen LogP contribution in [0, 0.1) is 17.3 Å². The lowest BCUT2D eigenvalue weighted by Gasteiger charge is -2.41. The largest absolute Gasteiger partial charge is 0.366 e. The molecule has 0 spiro atoms.